The molecule has 2 rings (SSSR count). The van der Waals surface area contributed by atoms with Crippen molar-refractivity contribution in [3.05, 3.63) is 29.8 Å². The standard InChI is InChI=1S/C19H29N3OS/c1-2-3-9-14-23-18-13-8-7-10-16(18)15-20-22-19(24)21-17-11-5-4-6-12-17/h7-8,10,13,15,17H,2-6,9,11-12,14H2,1H3,(H2,21,22,24)/b20-15+. The van der Waals surface area contributed by atoms with Gasteiger partial charge in [-0.05, 0) is 43.6 Å². The number of hydrogen-bond donors (Lipinski definition) is 2. The SMILES string of the molecule is CCCCCOc1ccccc1/C=N/NC(=S)NC1CCCCC1. The molecule has 5 heteroatoms. The van der Waals surface area contributed by atoms with Gasteiger partial charge in [0.2, 0.25) is 0 Å². The molecule has 0 saturated heterocycles. The van der Waals surface area contributed by atoms with Crippen LogP contribution in [0.5, 0.6) is 5.75 Å². The van der Waals surface area contributed by atoms with E-state index in [-0.39, 0.29) is 0 Å². The van der Waals surface area contributed by atoms with E-state index in [1.165, 1.54) is 44.9 Å². The van der Waals surface area contributed by atoms with Crippen molar-refractivity contribution in [3.8, 4) is 5.75 Å². The molecule has 1 aliphatic rings. The molecule has 0 amide bonds. The van der Waals surface area contributed by atoms with Crippen LogP contribution >= 0.6 is 12.2 Å². The molecule has 1 aliphatic carbocycles. The van der Waals surface area contributed by atoms with Crippen LogP contribution in [0.2, 0.25) is 0 Å². The Balaban J connectivity index is 1.79. The lowest BCUT2D eigenvalue weighted by Gasteiger charge is -2.23. The van der Waals surface area contributed by atoms with Gasteiger partial charge in [-0.2, -0.15) is 5.10 Å². The van der Waals surface area contributed by atoms with E-state index in [0.717, 1.165) is 24.3 Å². The van der Waals surface area contributed by atoms with Gasteiger partial charge in [-0.25, -0.2) is 0 Å². The Morgan fingerprint density at radius 1 is 1.25 bits per heavy atom. The predicted octanol–water partition coefficient (Wildman–Crippen LogP) is 4.39. The third-order valence-electron chi connectivity index (χ3n) is 4.23. The van der Waals surface area contributed by atoms with Gasteiger partial charge in [0.1, 0.15) is 5.75 Å². The summed E-state index contributed by atoms with van der Waals surface area (Å²) in [4.78, 5) is 0. The molecular weight excluding hydrogens is 318 g/mol. The summed E-state index contributed by atoms with van der Waals surface area (Å²) in [5.74, 6) is 0.866. The fraction of sp³-hybridized carbons (Fsp3) is 0.579. The van der Waals surface area contributed by atoms with Crippen LogP contribution in [0.3, 0.4) is 0 Å². The number of unbranched alkanes of at least 4 members (excludes halogenated alkanes) is 2. The maximum atomic E-state index is 5.85. The molecule has 0 bridgehead atoms. The predicted molar refractivity (Wildman–Crippen MR) is 105 cm³/mol. The molecule has 1 saturated carbocycles. The molecule has 132 valence electrons. The number of nitrogens with one attached hydrogen (secondary N) is 2. The zero-order chi connectivity index (χ0) is 17.0. The first-order valence-corrected chi connectivity index (χ1v) is 9.52. The highest BCUT2D eigenvalue weighted by Crippen LogP contribution is 2.17. The van der Waals surface area contributed by atoms with Crippen molar-refractivity contribution in [3.63, 3.8) is 0 Å². The van der Waals surface area contributed by atoms with Gasteiger partial charge in [0.15, 0.2) is 5.11 Å². The van der Waals surface area contributed by atoms with Gasteiger partial charge in [-0.1, -0.05) is 51.2 Å². The number of ether oxygens (including phenoxy) is 1. The average Bonchev–Trinajstić information content (AvgIpc) is 2.61. The summed E-state index contributed by atoms with van der Waals surface area (Å²) in [6.07, 6.45) is 11.5. The van der Waals surface area contributed by atoms with Crippen molar-refractivity contribution in [1.29, 1.82) is 0 Å². The van der Waals surface area contributed by atoms with Gasteiger partial charge >= 0.3 is 0 Å². The number of rotatable bonds is 8. The molecule has 0 aliphatic heterocycles. The summed E-state index contributed by atoms with van der Waals surface area (Å²) in [6, 6.07) is 8.43. The van der Waals surface area contributed by atoms with Gasteiger partial charge < -0.3 is 10.1 Å². The van der Waals surface area contributed by atoms with Crippen molar-refractivity contribution in [1.82, 2.24) is 10.7 Å². The number of hydrogen-bond acceptors (Lipinski definition) is 3. The third kappa shape index (κ3) is 6.87. The molecule has 0 spiro atoms. The van der Waals surface area contributed by atoms with E-state index in [1.807, 2.05) is 24.3 Å². The average molecular weight is 348 g/mol. The summed E-state index contributed by atoms with van der Waals surface area (Å²) >= 11 is 5.31. The smallest absolute Gasteiger partial charge is 0.187 e. The Hall–Kier alpha value is -1.62. The van der Waals surface area contributed by atoms with E-state index < -0.39 is 0 Å². The third-order valence-corrected chi connectivity index (χ3v) is 4.44. The molecule has 0 aromatic heterocycles. The molecule has 1 aromatic rings. The van der Waals surface area contributed by atoms with E-state index in [4.69, 9.17) is 17.0 Å². The van der Waals surface area contributed by atoms with Crippen LogP contribution in [0, 0.1) is 0 Å². The summed E-state index contributed by atoms with van der Waals surface area (Å²) in [5, 5.41) is 8.19. The second kappa shape index (κ2) is 11.0. The topological polar surface area (TPSA) is 45.6 Å². The van der Waals surface area contributed by atoms with E-state index in [9.17, 15) is 0 Å². The molecule has 4 nitrogen and oxygen atoms in total. The highest BCUT2D eigenvalue weighted by Gasteiger charge is 2.13. The normalized spacial score (nSPS) is 15.4. The Morgan fingerprint density at radius 3 is 2.83 bits per heavy atom. The maximum absolute atomic E-state index is 5.85. The lowest BCUT2D eigenvalue weighted by atomic mass is 9.96. The highest BCUT2D eigenvalue weighted by atomic mass is 32.1. The van der Waals surface area contributed by atoms with Crippen LogP contribution in [-0.4, -0.2) is 24.0 Å². The number of thiocarbonyl (C=S) groups is 1. The minimum atomic E-state index is 0.489. The number of nitrogens with zero attached hydrogens (tertiary/aromatic N) is 1. The minimum Gasteiger partial charge on any atom is -0.493 e. The van der Waals surface area contributed by atoms with E-state index in [0.29, 0.717) is 11.2 Å². The van der Waals surface area contributed by atoms with Crippen LogP contribution < -0.4 is 15.5 Å². The largest absolute Gasteiger partial charge is 0.493 e. The van der Waals surface area contributed by atoms with Crippen LogP contribution in [0.25, 0.3) is 0 Å². The number of para-hydroxylation sites is 1. The van der Waals surface area contributed by atoms with Gasteiger partial charge in [-0.3, -0.25) is 5.43 Å². The summed E-state index contributed by atoms with van der Waals surface area (Å²) in [7, 11) is 0. The van der Waals surface area contributed by atoms with Crippen molar-refractivity contribution < 1.29 is 4.74 Å². The molecule has 0 unspecified atom stereocenters. The molecule has 0 radical (unpaired) electrons. The van der Waals surface area contributed by atoms with E-state index in [2.05, 4.69) is 22.8 Å². The second-order valence-electron chi connectivity index (χ2n) is 6.27. The summed E-state index contributed by atoms with van der Waals surface area (Å²) in [5.41, 5.74) is 3.88. The van der Waals surface area contributed by atoms with Crippen LogP contribution in [0.1, 0.15) is 63.9 Å². The Bertz CT molecular complexity index is 527. The van der Waals surface area contributed by atoms with E-state index in [1.54, 1.807) is 6.21 Å². The van der Waals surface area contributed by atoms with Gasteiger partial charge in [0.05, 0.1) is 12.8 Å². The quantitative estimate of drug-likeness (QED) is 0.317. The van der Waals surface area contributed by atoms with E-state index >= 15 is 0 Å². The lowest BCUT2D eigenvalue weighted by molar-refractivity contribution is 0.306. The molecule has 1 fully saturated rings. The molecule has 2 N–H and O–H groups in total. The van der Waals surface area contributed by atoms with Gasteiger partial charge in [0.25, 0.3) is 0 Å². The van der Waals surface area contributed by atoms with Gasteiger partial charge in [-0.15, -0.1) is 0 Å². The fourth-order valence-corrected chi connectivity index (χ4v) is 3.10. The molecule has 1 aromatic carbocycles. The van der Waals surface area contributed by atoms with Gasteiger partial charge in [0, 0.05) is 11.6 Å². The zero-order valence-electron chi connectivity index (χ0n) is 14.6. The first kappa shape index (κ1) is 18.7. The Morgan fingerprint density at radius 2 is 2.04 bits per heavy atom. The first-order chi connectivity index (χ1) is 11.8. The summed E-state index contributed by atoms with van der Waals surface area (Å²) in [6.45, 7) is 2.93. The molecule has 24 heavy (non-hydrogen) atoms. The van der Waals surface area contributed by atoms with Crippen molar-refractivity contribution in [2.24, 2.45) is 5.10 Å². The number of hydrazone groups is 1. The maximum Gasteiger partial charge on any atom is 0.187 e. The summed E-state index contributed by atoms with van der Waals surface area (Å²) < 4.78 is 5.85. The van der Waals surface area contributed by atoms with Crippen LogP contribution in [-0.2, 0) is 0 Å². The van der Waals surface area contributed by atoms with Crippen molar-refractivity contribution >= 4 is 23.5 Å². The minimum absolute atomic E-state index is 0.489. The monoisotopic (exact) mass is 347 g/mol. The van der Waals surface area contributed by atoms with Crippen LogP contribution in [0.4, 0.5) is 0 Å². The Kier molecular flexibility index (Phi) is 8.60. The molecule has 0 atom stereocenters. The lowest BCUT2D eigenvalue weighted by Crippen LogP contribution is -2.40. The zero-order valence-corrected chi connectivity index (χ0v) is 15.4. The molecular formula is C19H29N3OS. The molecule has 0 heterocycles. The highest BCUT2D eigenvalue weighted by molar-refractivity contribution is 7.80. The fourth-order valence-electron chi connectivity index (χ4n) is 2.88. The second-order valence-corrected chi connectivity index (χ2v) is 6.68. The Labute approximate surface area is 151 Å². The van der Waals surface area contributed by atoms with Crippen LogP contribution in [0.15, 0.2) is 29.4 Å². The van der Waals surface area contributed by atoms with Crippen molar-refractivity contribution in [2.45, 2.75) is 64.3 Å². The first-order valence-electron chi connectivity index (χ1n) is 9.11. The van der Waals surface area contributed by atoms with Crippen molar-refractivity contribution in [2.75, 3.05) is 6.61 Å². The number of benzene rings is 1.